The average Bonchev–Trinajstić information content (AvgIpc) is 2.56. The Labute approximate surface area is 89.3 Å². The van der Waals surface area contributed by atoms with Crippen LogP contribution in [0.3, 0.4) is 0 Å². The van der Waals surface area contributed by atoms with Crippen LogP contribution in [-0.2, 0) is 0 Å². The van der Waals surface area contributed by atoms with E-state index in [9.17, 15) is 13.6 Å². The smallest absolute Gasteiger partial charge is 0.347 e. The minimum absolute atomic E-state index is 0.0325. The lowest BCUT2D eigenvalue weighted by atomic mass is 10.4. The quantitative estimate of drug-likeness (QED) is 0.844. The van der Waals surface area contributed by atoms with Crippen molar-refractivity contribution in [3.05, 3.63) is 20.8 Å². The zero-order valence-corrected chi connectivity index (χ0v) is 8.69. The molecule has 0 saturated carbocycles. The zero-order chi connectivity index (χ0) is 10.5. The van der Waals surface area contributed by atoms with Crippen molar-refractivity contribution in [2.24, 2.45) is 0 Å². The van der Waals surface area contributed by atoms with Crippen LogP contribution in [0.2, 0.25) is 5.02 Å². The molecule has 0 spiro atoms. The first-order valence-corrected chi connectivity index (χ1v) is 5.32. The van der Waals surface area contributed by atoms with E-state index in [4.69, 9.17) is 16.7 Å². The van der Waals surface area contributed by atoms with Gasteiger partial charge in [0.2, 0.25) is 5.13 Å². The summed E-state index contributed by atoms with van der Waals surface area (Å²) in [4.78, 5) is 10.4. The first-order valence-electron chi connectivity index (χ1n) is 3.31. The molecule has 0 fully saturated rings. The molecule has 0 bridgehead atoms. The summed E-state index contributed by atoms with van der Waals surface area (Å²) < 4.78 is 25.9. The zero-order valence-electron chi connectivity index (χ0n) is 6.31. The van der Waals surface area contributed by atoms with Crippen molar-refractivity contribution in [3.8, 4) is 0 Å². The van der Waals surface area contributed by atoms with E-state index in [0.717, 1.165) is 0 Å². The molecule has 7 heteroatoms. The SMILES string of the molecule is O=C(O)c1sc2c(F)c(F)sc2c1Cl. The summed E-state index contributed by atoms with van der Waals surface area (Å²) in [5.74, 6) is -2.26. The third-order valence-electron chi connectivity index (χ3n) is 1.57. The van der Waals surface area contributed by atoms with Crippen LogP contribution in [0.4, 0.5) is 8.78 Å². The molecule has 1 N–H and O–H groups in total. The number of carboxylic acid groups (broad SMARTS) is 1. The fourth-order valence-electron chi connectivity index (χ4n) is 0.993. The molecule has 0 aliphatic carbocycles. The van der Waals surface area contributed by atoms with Crippen molar-refractivity contribution >= 4 is 49.6 Å². The molecule has 0 atom stereocenters. The molecular formula is C7HClF2O2S2. The lowest BCUT2D eigenvalue weighted by Gasteiger charge is -1.86. The molecule has 0 unspecified atom stereocenters. The number of halogens is 3. The van der Waals surface area contributed by atoms with Crippen molar-refractivity contribution in [2.75, 3.05) is 0 Å². The van der Waals surface area contributed by atoms with Crippen molar-refractivity contribution in [1.29, 1.82) is 0 Å². The molecule has 0 radical (unpaired) electrons. The second kappa shape index (κ2) is 3.15. The Kier molecular flexibility index (Phi) is 2.21. The summed E-state index contributed by atoms with van der Waals surface area (Å²) in [7, 11) is 0. The van der Waals surface area contributed by atoms with Crippen molar-refractivity contribution < 1.29 is 18.7 Å². The highest BCUT2D eigenvalue weighted by atomic mass is 35.5. The van der Waals surface area contributed by atoms with Gasteiger partial charge in [0.05, 0.1) is 14.4 Å². The van der Waals surface area contributed by atoms with Crippen molar-refractivity contribution in [3.63, 3.8) is 0 Å². The Morgan fingerprint density at radius 3 is 2.43 bits per heavy atom. The molecule has 0 amide bonds. The topological polar surface area (TPSA) is 37.3 Å². The van der Waals surface area contributed by atoms with Gasteiger partial charge in [-0.25, -0.2) is 9.18 Å². The molecule has 0 aromatic carbocycles. The van der Waals surface area contributed by atoms with Gasteiger partial charge in [-0.1, -0.05) is 11.6 Å². The number of hydrogen-bond acceptors (Lipinski definition) is 3. The average molecular weight is 255 g/mol. The molecule has 2 rings (SSSR count). The van der Waals surface area contributed by atoms with Gasteiger partial charge in [-0.2, -0.15) is 4.39 Å². The molecule has 0 saturated heterocycles. The largest absolute Gasteiger partial charge is 0.477 e. The highest BCUT2D eigenvalue weighted by Gasteiger charge is 2.23. The Hall–Kier alpha value is -0.720. The molecule has 2 aromatic heterocycles. The summed E-state index contributed by atoms with van der Waals surface area (Å²) in [6, 6.07) is 0. The van der Waals surface area contributed by atoms with Crippen molar-refractivity contribution in [2.45, 2.75) is 0 Å². The Balaban J connectivity index is 2.83. The van der Waals surface area contributed by atoms with Crippen molar-refractivity contribution in [1.82, 2.24) is 0 Å². The number of carbonyl (C=O) groups is 1. The van der Waals surface area contributed by atoms with Gasteiger partial charge >= 0.3 is 5.97 Å². The van der Waals surface area contributed by atoms with Gasteiger partial charge in [0.25, 0.3) is 0 Å². The van der Waals surface area contributed by atoms with Crippen LogP contribution in [0.1, 0.15) is 9.67 Å². The number of rotatable bonds is 1. The summed E-state index contributed by atoms with van der Waals surface area (Å²) >= 11 is 6.80. The van der Waals surface area contributed by atoms with E-state index in [1.54, 1.807) is 0 Å². The molecule has 14 heavy (non-hydrogen) atoms. The van der Waals surface area contributed by atoms with Crippen LogP contribution in [-0.4, -0.2) is 11.1 Å². The molecule has 0 aliphatic heterocycles. The fraction of sp³-hybridized carbons (Fsp3) is 0. The first kappa shape index (κ1) is 9.82. The maximum Gasteiger partial charge on any atom is 0.347 e. The second-order valence-corrected chi connectivity index (χ2v) is 4.77. The van der Waals surface area contributed by atoms with Gasteiger partial charge in [-0.3, -0.25) is 0 Å². The molecule has 0 aliphatic rings. The van der Waals surface area contributed by atoms with E-state index >= 15 is 0 Å². The van der Waals surface area contributed by atoms with Gasteiger partial charge in [0.1, 0.15) is 4.88 Å². The Morgan fingerprint density at radius 2 is 1.93 bits per heavy atom. The van der Waals surface area contributed by atoms with Crippen LogP contribution < -0.4 is 0 Å². The minimum Gasteiger partial charge on any atom is -0.477 e. The van der Waals surface area contributed by atoms with Crippen LogP contribution in [0, 0.1) is 10.9 Å². The van der Waals surface area contributed by atoms with Crippen LogP contribution >= 0.6 is 34.3 Å². The van der Waals surface area contributed by atoms with Gasteiger partial charge in [0.15, 0.2) is 5.82 Å². The summed E-state index contributed by atoms with van der Waals surface area (Å²) in [6.45, 7) is 0. The molecule has 74 valence electrons. The molecular weight excluding hydrogens is 254 g/mol. The summed E-state index contributed by atoms with van der Waals surface area (Å²) in [5.41, 5.74) is 0. The lowest BCUT2D eigenvalue weighted by Crippen LogP contribution is -1.91. The molecule has 2 aromatic rings. The number of aromatic carboxylic acids is 1. The van der Waals surface area contributed by atoms with Crippen LogP contribution in [0.25, 0.3) is 9.40 Å². The normalized spacial score (nSPS) is 11.1. The highest BCUT2D eigenvalue weighted by Crippen LogP contribution is 2.42. The van der Waals surface area contributed by atoms with E-state index in [1.165, 1.54) is 0 Å². The van der Waals surface area contributed by atoms with E-state index in [-0.39, 0.29) is 19.3 Å². The summed E-state index contributed by atoms with van der Waals surface area (Å²) in [5, 5.41) is 7.60. The highest BCUT2D eigenvalue weighted by molar-refractivity contribution is 7.29. The van der Waals surface area contributed by atoms with E-state index in [0.29, 0.717) is 22.7 Å². The fourth-order valence-corrected chi connectivity index (χ4v) is 3.44. The van der Waals surface area contributed by atoms with Gasteiger partial charge in [-0.15, -0.1) is 22.7 Å². The Morgan fingerprint density at radius 1 is 1.29 bits per heavy atom. The monoisotopic (exact) mass is 254 g/mol. The molecule has 2 heterocycles. The predicted molar refractivity (Wildman–Crippen MR) is 51.6 cm³/mol. The number of carboxylic acids is 1. The van der Waals surface area contributed by atoms with Crippen LogP contribution in [0.15, 0.2) is 0 Å². The second-order valence-electron chi connectivity index (χ2n) is 2.40. The maximum absolute atomic E-state index is 13.0. The third kappa shape index (κ3) is 1.22. The van der Waals surface area contributed by atoms with Gasteiger partial charge < -0.3 is 5.11 Å². The van der Waals surface area contributed by atoms with E-state index in [2.05, 4.69) is 0 Å². The van der Waals surface area contributed by atoms with E-state index in [1.807, 2.05) is 0 Å². The van der Waals surface area contributed by atoms with Gasteiger partial charge in [0, 0.05) is 0 Å². The third-order valence-corrected chi connectivity index (χ3v) is 4.44. The number of fused-ring (bicyclic) bond motifs is 1. The minimum atomic E-state index is -1.23. The predicted octanol–water partition coefficient (Wildman–Crippen LogP) is 3.59. The number of hydrogen-bond donors (Lipinski definition) is 1. The van der Waals surface area contributed by atoms with Crippen LogP contribution in [0.5, 0.6) is 0 Å². The molecule has 2 nitrogen and oxygen atoms in total. The number of thiophene rings is 2. The Bertz CT molecular complexity index is 531. The first-order chi connectivity index (χ1) is 6.52. The van der Waals surface area contributed by atoms with Gasteiger partial charge in [-0.05, 0) is 0 Å². The standard InChI is InChI=1S/C7HClF2O2S2/c8-1-3-5(2(9)6(10)14-3)13-4(1)7(11)12/h(H,11,12). The summed E-state index contributed by atoms with van der Waals surface area (Å²) in [6.07, 6.45) is 0. The lowest BCUT2D eigenvalue weighted by molar-refractivity contribution is 0.0702. The van der Waals surface area contributed by atoms with E-state index < -0.39 is 16.9 Å². The maximum atomic E-state index is 13.0.